The van der Waals surface area contributed by atoms with E-state index in [1.807, 2.05) is 6.07 Å². The first-order chi connectivity index (χ1) is 6.38. The molecule has 1 aliphatic heterocycles. The lowest BCUT2D eigenvalue weighted by Gasteiger charge is -2.14. The van der Waals surface area contributed by atoms with Crippen LogP contribution in [-0.2, 0) is 0 Å². The van der Waals surface area contributed by atoms with Gasteiger partial charge in [-0.25, -0.2) is 0 Å². The normalized spacial score (nSPS) is 15.8. The third-order valence-electron chi connectivity index (χ3n) is 2.00. The molecule has 0 atom stereocenters. The summed E-state index contributed by atoms with van der Waals surface area (Å²) in [6, 6.07) is 10.4. The molecule has 1 aromatic carbocycles. The van der Waals surface area contributed by atoms with E-state index in [9.17, 15) is 0 Å². The maximum Gasteiger partial charge on any atom is 0.0545 e. The average molecular weight is 189 g/mol. The third-order valence-corrected chi connectivity index (χ3v) is 2.60. The van der Waals surface area contributed by atoms with Crippen molar-refractivity contribution in [3.63, 3.8) is 0 Å². The van der Waals surface area contributed by atoms with Crippen molar-refractivity contribution in [2.45, 2.75) is 6.92 Å². The van der Waals surface area contributed by atoms with Crippen LogP contribution in [0.1, 0.15) is 12.5 Å². The second-order valence-electron chi connectivity index (χ2n) is 2.95. The number of benzene rings is 1. The van der Waals surface area contributed by atoms with E-state index in [2.05, 4.69) is 47.4 Å². The van der Waals surface area contributed by atoms with E-state index < -0.39 is 0 Å². The molecule has 0 unspecified atom stereocenters. The Balaban J connectivity index is 2.41. The Morgan fingerprint density at radius 3 is 2.62 bits per heavy atom. The molecule has 0 aliphatic carbocycles. The fourth-order valence-electron chi connectivity index (χ4n) is 1.28. The number of rotatable bonds is 1. The van der Waals surface area contributed by atoms with Gasteiger partial charge in [-0.15, -0.1) is 0 Å². The van der Waals surface area contributed by atoms with E-state index in [-0.39, 0.29) is 0 Å². The zero-order valence-electron chi connectivity index (χ0n) is 7.45. The summed E-state index contributed by atoms with van der Waals surface area (Å²) in [6.45, 7) is 2.12. The van der Waals surface area contributed by atoms with Gasteiger partial charge in [0.05, 0.1) is 5.70 Å². The molecule has 0 aromatic heterocycles. The van der Waals surface area contributed by atoms with Crippen LogP contribution in [0.5, 0.6) is 0 Å². The summed E-state index contributed by atoms with van der Waals surface area (Å²) in [6.07, 6.45) is 2.13. The lowest BCUT2D eigenvalue weighted by atomic mass is 10.1. The molecule has 1 aromatic rings. The summed E-state index contributed by atoms with van der Waals surface area (Å²) in [4.78, 5) is 0. The monoisotopic (exact) mass is 189 g/mol. The molecular weight excluding hydrogens is 178 g/mol. The van der Waals surface area contributed by atoms with Gasteiger partial charge >= 0.3 is 0 Å². The second-order valence-corrected chi connectivity index (χ2v) is 3.66. The highest BCUT2D eigenvalue weighted by Gasteiger charge is 2.05. The highest BCUT2D eigenvalue weighted by molar-refractivity contribution is 8.00. The number of allylic oxidation sites excluding steroid dienone is 2. The van der Waals surface area contributed by atoms with E-state index in [1.165, 1.54) is 16.8 Å². The summed E-state index contributed by atoms with van der Waals surface area (Å²) < 4.78 is 3.29. The van der Waals surface area contributed by atoms with Crippen molar-refractivity contribution in [1.82, 2.24) is 4.72 Å². The molecule has 0 spiro atoms. The largest absolute Gasteiger partial charge is 0.325 e. The lowest BCUT2D eigenvalue weighted by Crippen LogP contribution is -2.05. The van der Waals surface area contributed by atoms with Gasteiger partial charge in [-0.3, -0.25) is 0 Å². The quantitative estimate of drug-likeness (QED) is 0.681. The highest BCUT2D eigenvalue weighted by Crippen LogP contribution is 2.23. The Bertz CT molecular complexity index is 352. The van der Waals surface area contributed by atoms with Crippen molar-refractivity contribution in [2.75, 3.05) is 0 Å². The highest BCUT2D eigenvalue weighted by atomic mass is 32.2. The van der Waals surface area contributed by atoms with E-state index in [0.717, 1.165) is 0 Å². The molecule has 0 saturated carbocycles. The van der Waals surface area contributed by atoms with Crippen molar-refractivity contribution >= 4 is 17.6 Å². The van der Waals surface area contributed by atoms with Gasteiger partial charge in [0.25, 0.3) is 0 Å². The maximum atomic E-state index is 3.29. The predicted octanol–water partition coefficient (Wildman–Crippen LogP) is 3.18. The lowest BCUT2D eigenvalue weighted by molar-refractivity contribution is 1.33. The van der Waals surface area contributed by atoms with Crippen LogP contribution in [0.25, 0.3) is 5.70 Å². The van der Waals surface area contributed by atoms with Gasteiger partial charge < -0.3 is 4.72 Å². The van der Waals surface area contributed by atoms with Crippen molar-refractivity contribution in [1.29, 1.82) is 0 Å². The van der Waals surface area contributed by atoms with Crippen molar-refractivity contribution < 1.29 is 0 Å². The van der Waals surface area contributed by atoms with Gasteiger partial charge in [-0.1, -0.05) is 30.3 Å². The third kappa shape index (κ3) is 1.78. The van der Waals surface area contributed by atoms with Gasteiger partial charge in [0.2, 0.25) is 0 Å². The van der Waals surface area contributed by atoms with E-state index >= 15 is 0 Å². The van der Waals surface area contributed by atoms with Gasteiger partial charge in [-0.05, 0) is 41.5 Å². The molecule has 1 heterocycles. The van der Waals surface area contributed by atoms with Crippen molar-refractivity contribution in [2.24, 2.45) is 0 Å². The van der Waals surface area contributed by atoms with Crippen LogP contribution in [0.2, 0.25) is 0 Å². The first-order valence-electron chi connectivity index (χ1n) is 4.22. The zero-order valence-corrected chi connectivity index (χ0v) is 8.27. The maximum absolute atomic E-state index is 3.29. The predicted molar refractivity (Wildman–Crippen MR) is 58.9 cm³/mol. The fourth-order valence-corrected chi connectivity index (χ4v) is 2.02. The summed E-state index contributed by atoms with van der Waals surface area (Å²) in [5.41, 5.74) is 3.75. The van der Waals surface area contributed by atoms with Crippen LogP contribution in [0.3, 0.4) is 0 Å². The van der Waals surface area contributed by atoms with Gasteiger partial charge in [0.1, 0.15) is 0 Å². The second kappa shape index (κ2) is 3.71. The Labute approximate surface area is 82.7 Å². The molecule has 1 N–H and O–H groups in total. The van der Waals surface area contributed by atoms with Crippen LogP contribution in [0.15, 0.2) is 47.4 Å². The molecule has 0 bridgehead atoms. The fraction of sp³-hybridized carbons (Fsp3) is 0.0909. The molecule has 66 valence electrons. The van der Waals surface area contributed by atoms with Crippen LogP contribution in [0, 0.1) is 0 Å². The van der Waals surface area contributed by atoms with Crippen molar-refractivity contribution in [3.05, 3.63) is 53.0 Å². The minimum absolute atomic E-state index is 1.22. The van der Waals surface area contributed by atoms with E-state index in [4.69, 9.17) is 0 Å². The molecule has 0 amide bonds. The summed E-state index contributed by atoms with van der Waals surface area (Å²) >= 11 is 1.61. The van der Waals surface area contributed by atoms with Gasteiger partial charge in [0, 0.05) is 0 Å². The summed E-state index contributed by atoms with van der Waals surface area (Å²) in [7, 11) is 0. The molecular formula is C11H11NS. The van der Waals surface area contributed by atoms with Crippen LogP contribution < -0.4 is 4.72 Å². The topological polar surface area (TPSA) is 12.0 Å². The van der Waals surface area contributed by atoms with Crippen LogP contribution in [0.4, 0.5) is 0 Å². The molecule has 2 rings (SSSR count). The zero-order chi connectivity index (χ0) is 9.10. The van der Waals surface area contributed by atoms with Gasteiger partial charge in [-0.2, -0.15) is 0 Å². The summed E-state index contributed by atoms with van der Waals surface area (Å²) in [5.74, 6) is 0. The SMILES string of the molecule is CC1=C(c2ccccc2)NSC=C1. The Morgan fingerprint density at radius 1 is 1.15 bits per heavy atom. The van der Waals surface area contributed by atoms with Crippen LogP contribution >= 0.6 is 11.9 Å². The van der Waals surface area contributed by atoms with E-state index in [1.54, 1.807) is 11.9 Å². The molecule has 1 nitrogen and oxygen atoms in total. The average Bonchev–Trinajstić information content (AvgIpc) is 2.20. The molecule has 0 radical (unpaired) electrons. The number of hydrogen-bond donors (Lipinski definition) is 1. The minimum Gasteiger partial charge on any atom is -0.325 e. The summed E-state index contributed by atoms with van der Waals surface area (Å²) in [5, 5.41) is 2.06. The molecule has 0 saturated heterocycles. The molecule has 1 aliphatic rings. The first-order valence-corrected chi connectivity index (χ1v) is 5.10. The van der Waals surface area contributed by atoms with Crippen molar-refractivity contribution in [3.8, 4) is 0 Å². The molecule has 0 fully saturated rings. The molecule has 2 heteroatoms. The first kappa shape index (κ1) is 8.45. The number of hydrogen-bond acceptors (Lipinski definition) is 2. The van der Waals surface area contributed by atoms with Crippen LogP contribution in [-0.4, -0.2) is 0 Å². The number of nitrogens with one attached hydrogen (secondary N) is 1. The minimum atomic E-state index is 1.22. The standard InChI is InChI=1S/C11H11NS/c1-9-7-8-13-12-11(9)10-5-3-2-4-6-10/h2-8,12H,1H3. The Hall–Kier alpha value is -1.15. The molecule has 13 heavy (non-hydrogen) atoms. The Kier molecular flexibility index (Phi) is 2.41. The smallest absolute Gasteiger partial charge is 0.0545 e. The van der Waals surface area contributed by atoms with Gasteiger partial charge in [0.15, 0.2) is 0 Å². The van der Waals surface area contributed by atoms with E-state index in [0.29, 0.717) is 0 Å². The Morgan fingerprint density at radius 2 is 1.92 bits per heavy atom.